The van der Waals surface area contributed by atoms with Crippen molar-refractivity contribution in [3.63, 3.8) is 0 Å². The van der Waals surface area contributed by atoms with Gasteiger partial charge in [-0.25, -0.2) is 15.0 Å². The zero-order chi connectivity index (χ0) is 21.5. The van der Waals surface area contributed by atoms with E-state index in [2.05, 4.69) is 30.3 Å². The highest BCUT2D eigenvalue weighted by molar-refractivity contribution is 7.09. The molecule has 0 aliphatic rings. The van der Waals surface area contributed by atoms with Crippen LogP contribution in [0.2, 0.25) is 0 Å². The fourth-order valence-corrected chi connectivity index (χ4v) is 2.68. The molecule has 0 fully saturated rings. The van der Waals surface area contributed by atoms with E-state index >= 15 is 0 Å². The van der Waals surface area contributed by atoms with Crippen LogP contribution in [0.3, 0.4) is 0 Å². The number of rotatable bonds is 7. The van der Waals surface area contributed by atoms with Crippen LogP contribution in [0, 0.1) is 0 Å². The molecule has 2 heterocycles. The first-order valence-electron chi connectivity index (χ1n) is 8.25. The monoisotopic (exact) mass is 441 g/mol. The van der Waals surface area contributed by atoms with E-state index in [1.54, 1.807) is 0 Å². The maximum atomic E-state index is 12.6. The molecule has 0 saturated heterocycles. The lowest BCUT2D eigenvalue weighted by Gasteiger charge is -2.10. The average molecular weight is 441 g/mol. The van der Waals surface area contributed by atoms with Gasteiger partial charge < -0.3 is 15.4 Å². The van der Waals surface area contributed by atoms with Gasteiger partial charge in [0.2, 0.25) is 5.88 Å². The van der Waals surface area contributed by atoms with E-state index in [-0.39, 0.29) is 24.0 Å². The Morgan fingerprint density at radius 3 is 2.48 bits per heavy atom. The van der Waals surface area contributed by atoms with Crippen molar-refractivity contribution >= 4 is 17.3 Å². The van der Waals surface area contributed by atoms with E-state index in [9.17, 15) is 26.3 Å². The van der Waals surface area contributed by atoms with Crippen molar-refractivity contribution in [3.05, 3.63) is 40.0 Å². The molecule has 6 nitrogen and oxygen atoms in total. The van der Waals surface area contributed by atoms with Crippen molar-refractivity contribution in [2.75, 3.05) is 13.2 Å². The van der Waals surface area contributed by atoms with Crippen LogP contribution in [-0.4, -0.2) is 35.3 Å². The number of hydrogen-bond acceptors (Lipinski definition) is 5. The normalized spacial score (nSPS) is 12.7. The molecule has 0 radical (unpaired) electrons. The largest absolute Gasteiger partial charge is 0.468 e. The number of nitrogens with one attached hydrogen (secondary N) is 2. The van der Waals surface area contributed by atoms with Crippen LogP contribution < -0.4 is 15.4 Å². The van der Waals surface area contributed by atoms with Crippen LogP contribution in [-0.2, 0) is 19.3 Å². The summed E-state index contributed by atoms with van der Waals surface area (Å²) in [6.45, 7) is 1.10. The highest BCUT2D eigenvalue weighted by Crippen LogP contribution is 2.29. The summed E-state index contributed by atoms with van der Waals surface area (Å²) < 4.78 is 78.6. The first kappa shape index (κ1) is 22.7. The molecule has 2 rings (SSSR count). The van der Waals surface area contributed by atoms with Gasteiger partial charge in [-0.15, -0.1) is 11.3 Å². The number of halogens is 6. The summed E-state index contributed by atoms with van der Waals surface area (Å²) in [5, 5.41) is 6.99. The molecule has 160 valence electrons. The minimum Gasteiger partial charge on any atom is -0.468 e. The van der Waals surface area contributed by atoms with Gasteiger partial charge in [0.15, 0.2) is 18.3 Å². The summed E-state index contributed by atoms with van der Waals surface area (Å²) in [6, 6.07) is 2.81. The Labute approximate surface area is 166 Å². The average Bonchev–Trinajstić information content (AvgIpc) is 3.12. The number of guanidine groups is 1. The highest BCUT2D eigenvalue weighted by Gasteiger charge is 2.33. The van der Waals surface area contributed by atoms with Crippen molar-refractivity contribution in [2.24, 2.45) is 4.99 Å². The lowest BCUT2D eigenvalue weighted by molar-refractivity contribution is -0.154. The van der Waals surface area contributed by atoms with Gasteiger partial charge in [0.05, 0.1) is 13.1 Å². The zero-order valence-corrected chi connectivity index (χ0v) is 15.9. The molecule has 0 amide bonds. The number of aromatic nitrogens is 2. The van der Waals surface area contributed by atoms with E-state index < -0.39 is 24.7 Å². The highest BCUT2D eigenvalue weighted by atomic mass is 32.1. The third kappa shape index (κ3) is 8.13. The first-order chi connectivity index (χ1) is 13.6. The maximum absolute atomic E-state index is 12.6. The lowest BCUT2D eigenvalue weighted by Crippen LogP contribution is -2.36. The number of nitrogens with zero attached hydrogens (tertiary/aromatic N) is 3. The van der Waals surface area contributed by atoms with Gasteiger partial charge in [0, 0.05) is 24.2 Å². The molecule has 0 saturated carbocycles. The SMILES string of the molecule is CCNC(=NCc1ccc(OCC(F)(F)F)nc1)NCc1nc(C(F)(F)F)cs1. The number of thiazole rings is 1. The van der Waals surface area contributed by atoms with Gasteiger partial charge in [-0.05, 0) is 12.5 Å². The van der Waals surface area contributed by atoms with E-state index in [0.29, 0.717) is 18.1 Å². The van der Waals surface area contributed by atoms with Crippen molar-refractivity contribution < 1.29 is 31.1 Å². The Bertz CT molecular complexity index is 803. The van der Waals surface area contributed by atoms with Crippen LogP contribution in [0.1, 0.15) is 23.2 Å². The van der Waals surface area contributed by atoms with Gasteiger partial charge in [-0.3, -0.25) is 0 Å². The van der Waals surface area contributed by atoms with Crippen LogP contribution in [0.15, 0.2) is 28.7 Å². The summed E-state index contributed by atoms with van der Waals surface area (Å²) in [5.74, 6) is 0.179. The molecule has 29 heavy (non-hydrogen) atoms. The van der Waals surface area contributed by atoms with Gasteiger partial charge >= 0.3 is 12.4 Å². The Morgan fingerprint density at radius 2 is 1.93 bits per heavy atom. The van der Waals surface area contributed by atoms with E-state index in [1.165, 1.54) is 18.3 Å². The van der Waals surface area contributed by atoms with Gasteiger partial charge in [0.25, 0.3) is 0 Å². The second-order valence-corrected chi connectivity index (χ2v) is 6.52. The van der Waals surface area contributed by atoms with Gasteiger partial charge in [0.1, 0.15) is 5.01 Å². The number of aliphatic imine (C=N–C) groups is 1. The number of hydrogen-bond donors (Lipinski definition) is 2. The van der Waals surface area contributed by atoms with Crippen LogP contribution in [0.25, 0.3) is 0 Å². The summed E-state index contributed by atoms with van der Waals surface area (Å²) in [4.78, 5) is 11.6. The molecular weight excluding hydrogens is 424 g/mol. The Balaban J connectivity index is 1.92. The molecule has 0 unspecified atom stereocenters. The summed E-state index contributed by atoms with van der Waals surface area (Å²) in [6.07, 6.45) is -7.61. The van der Waals surface area contributed by atoms with Crippen LogP contribution in [0.4, 0.5) is 26.3 Å². The molecule has 0 spiro atoms. The summed E-state index contributed by atoms with van der Waals surface area (Å²) in [7, 11) is 0. The number of pyridine rings is 1. The third-order valence-electron chi connectivity index (χ3n) is 3.19. The molecule has 2 aromatic heterocycles. The van der Waals surface area contributed by atoms with Gasteiger partial charge in [-0.2, -0.15) is 26.3 Å². The van der Waals surface area contributed by atoms with Crippen LogP contribution in [0.5, 0.6) is 5.88 Å². The van der Waals surface area contributed by atoms with E-state index in [1.807, 2.05) is 6.92 Å². The second-order valence-electron chi connectivity index (χ2n) is 5.58. The predicted octanol–water partition coefficient (Wildman–Crippen LogP) is 3.75. The zero-order valence-electron chi connectivity index (χ0n) is 15.1. The van der Waals surface area contributed by atoms with Crippen molar-refractivity contribution in [1.29, 1.82) is 0 Å². The van der Waals surface area contributed by atoms with E-state index in [0.717, 1.165) is 16.7 Å². The maximum Gasteiger partial charge on any atom is 0.434 e. The van der Waals surface area contributed by atoms with Gasteiger partial charge in [-0.1, -0.05) is 6.07 Å². The fraction of sp³-hybridized carbons (Fsp3) is 0.438. The topological polar surface area (TPSA) is 71.4 Å². The smallest absolute Gasteiger partial charge is 0.434 e. The standard InChI is InChI=1S/C16H17F6N5OS/c1-2-23-14(26-7-13-27-11(8-29-13)16(20,21)22)25-6-10-3-4-12(24-5-10)28-9-15(17,18)19/h3-5,8H,2,6-7,9H2,1H3,(H2,23,25,26). The minimum atomic E-state index is -4.49. The number of alkyl halides is 6. The predicted molar refractivity (Wildman–Crippen MR) is 94.6 cm³/mol. The van der Waals surface area contributed by atoms with Crippen molar-refractivity contribution in [2.45, 2.75) is 32.4 Å². The molecule has 0 aliphatic carbocycles. The quantitative estimate of drug-likeness (QED) is 0.389. The summed E-state index contributed by atoms with van der Waals surface area (Å²) in [5.41, 5.74) is -0.338. The Hall–Kier alpha value is -2.57. The molecule has 0 aromatic carbocycles. The molecule has 0 aliphatic heterocycles. The first-order valence-corrected chi connectivity index (χ1v) is 9.13. The fourth-order valence-electron chi connectivity index (χ4n) is 1.94. The molecule has 13 heteroatoms. The van der Waals surface area contributed by atoms with Crippen molar-refractivity contribution in [3.8, 4) is 5.88 Å². The summed E-state index contributed by atoms with van der Waals surface area (Å²) >= 11 is 0.878. The molecular formula is C16H17F6N5OS. The minimum absolute atomic E-state index is 0.0506. The molecule has 0 atom stereocenters. The Kier molecular flexibility index (Phi) is 7.65. The second kappa shape index (κ2) is 9.76. The molecule has 2 aromatic rings. The van der Waals surface area contributed by atoms with Crippen LogP contribution >= 0.6 is 11.3 Å². The molecule has 2 N–H and O–H groups in total. The number of ether oxygens (including phenoxy) is 1. The Morgan fingerprint density at radius 1 is 1.17 bits per heavy atom. The van der Waals surface area contributed by atoms with E-state index in [4.69, 9.17) is 0 Å². The van der Waals surface area contributed by atoms with Crippen molar-refractivity contribution in [1.82, 2.24) is 20.6 Å². The molecule has 0 bridgehead atoms. The lowest BCUT2D eigenvalue weighted by atomic mass is 10.3. The third-order valence-corrected chi connectivity index (χ3v) is 4.04.